The first kappa shape index (κ1) is 19.6. The number of piperidine rings is 1. The third-order valence-corrected chi connectivity index (χ3v) is 5.30. The van der Waals surface area contributed by atoms with Gasteiger partial charge in [0.05, 0.1) is 18.8 Å². The average molecular weight is 370 g/mol. The first-order chi connectivity index (χ1) is 13.2. The number of anilines is 1. The fraction of sp³-hybridized carbons (Fsp3) is 0.524. The van der Waals surface area contributed by atoms with Crippen molar-refractivity contribution < 1.29 is 9.53 Å². The van der Waals surface area contributed by atoms with E-state index in [0.29, 0.717) is 18.5 Å². The highest BCUT2D eigenvalue weighted by molar-refractivity contribution is 5.89. The predicted molar refractivity (Wildman–Crippen MR) is 107 cm³/mol. The molecule has 0 saturated carbocycles. The second-order valence-electron chi connectivity index (χ2n) is 7.27. The minimum atomic E-state index is 0.0340. The Labute approximate surface area is 161 Å². The van der Waals surface area contributed by atoms with Crippen molar-refractivity contribution in [2.45, 2.75) is 44.7 Å². The van der Waals surface area contributed by atoms with Gasteiger partial charge in [0.1, 0.15) is 5.82 Å². The maximum Gasteiger partial charge on any atom is 0.225 e. The van der Waals surface area contributed by atoms with Crippen LogP contribution in [0.4, 0.5) is 5.82 Å². The van der Waals surface area contributed by atoms with Gasteiger partial charge in [-0.05, 0) is 31.7 Å². The number of hydrogen-bond acceptors (Lipinski definition) is 4. The van der Waals surface area contributed by atoms with Gasteiger partial charge in [0.15, 0.2) is 0 Å². The quantitative estimate of drug-likeness (QED) is 0.776. The SMILES string of the molecule is COC[C@H](C)N1CCC(n2nccc2NC(=O)CCc2ccccc2)CC1. The molecule has 1 aromatic heterocycles. The lowest BCUT2D eigenvalue weighted by Crippen LogP contribution is -2.42. The van der Waals surface area contributed by atoms with Crippen LogP contribution in [0.15, 0.2) is 42.6 Å². The second-order valence-corrected chi connectivity index (χ2v) is 7.27. The number of benzene rings is 1. The van der Waals surface area contributed by atoms with Crippen LogP contribution < -0.4 is 5.32 Å². The lowest BCUT2D eigenvalue weighted by molar-refractivity contribution is -0.116. The number of nitrogens with zero attached hydrogens (tertiary/aromatic N) is 3. The fourth-order valence-electron chi connectivity index (χ4n) is 3.73. The third-order valence-electron chi connectivity index (χ3n) is 5.30. The molecule has 6 nitrogen and oxygen atoms in total. The molecule has 1 aliphatic heterocycles. The summed E-state index contributed by atoms with van der Waals surface area (Å²) in [7, 11) is 1.75. The van der Waals surface area contributed by atoms with Gasteiger partial charge in [-0.1, -0.05) is 30.3 Å². The molecule has 1 N–H and O–H groups in total. The van der Waals surface area contributed by atoms with E-state index in [1.807, 2.05) is 28.9 Å². The van der Waals surface area contributed by atoms with Gasteiger partial charge >= 0.3 is 0 Å². The minimum absolute atomic E-state index is 0.0340. The number of aromatic nitrogens is 2. The van der Waals surface area contributed by atoms with Gasteiger partial charge in [-0.15, -0.1) is 0 Å². The fourth-order valence-corrected chi connectivity index (χ4v) is 3.73. The molecule has 3 rings (SSSR count). The summed E-state index contributed by atoms with van der Waals surface area (Å²) >= 11 is 0. The maximum absolute atomic E-state index is 12.4. The van der Waals surface area contributed by atoms with E-state index in [4.69, 9.17) is 4.74 Å². The molecular formula is C21H30N4O2. The number of nitrogens with one attached hydrogen (secondary N) is 1. The number of aryl methyl sites for hydroxylation is 1. The van der Waals surface area contributed by atoms with Gasteiger partial charge in [-0.3, -0.25) is 9.69 Å². The summed E-state index contributed by atoms with van der Waals surface area (Å²) in [5.74, 6) is 0.836. The van der Waals surface area contributed by atoms with Crippen molar-refractivity contribution in [3.63, 3.8) is 0 Å². The van der Waals surface area contributed by atoms with Crippen molar-refractivity contribution >= 4 is 11.7 Å². The standard InChI is InChI=1S/C21H30N4O2/c1-17(16-27-2)24-14-11-19(12-15-24)25-20(10-13-22-25)23-21(26)9-8-18-6-4-3-5-7-18/h3-7,10,13,17,19H,8-9,11-12,14-16H2,1-2H3,(H,23,26)/t17-/m0/s1. The second kappa shape index (κ2) is 9.67. The molecular weight excluding hydrogens is 340 g/mol. The molecule has 2 aromatic rings. The van der Waals surface area contributed by atoms with E-state index < -0.39 is 0 Å². The molecule has 1 atom stereocenters. The van der Waals surface area contributed by atoms with Crippen LogP contribution in [0.1, 0.15) is 37.8 Å². The number of rotatable bonds is 8. The lowest BCUT2D eigenvalue weighted by atomic mass is 10.0. The zero-order chi connectivity index (χ0) is 19.1. The zero-order valence-electron chi connectivity index (χ0n) is 16.3. The molecule has 0 radical (unpaired) electrons. The first-order valence-electron chi connectivity index (χ1n) is 9.77. The topological polar surface area (TPSA) is 59.4 Å². The van der Waals surface area contributed by atoms with Crippen LogP contribution >= 0.6 is 0 Å². The van der Waals surface area contributed by atoms with Crippen molar-refractivity contribution in [2.24, 2.45) is 0 Å². The summed E-state index contributed by atoms with van der Waals surface area (Å²) in [6, 6.07) is 12.8. The zero-order valence-corrected chi connectivity index (χ0v) is 16.3. The summed E-state index contributed by atoms with van der Waals surface area (Å²) in [5, 5.41) is 7.52. The lowest BCUT2D eigenvalue weighted by Gasteiger charge is -2.36. The maximum atomic E-state index is 12.4. The molecule has 2 heterocycles. The average Bonchev–Trinajstić information content (AvgIpc) is 3.15. The van der Waals surface area contributed by atoms with E-state index in [-0.39, 0.29) is 5.91 Å². The van der Waals surface area contributed by atoms with E-state index in [0.717, 1.165) is 44.8 Å². The first-order valence-corrected chi connectivity index (χ1v) is 9.77. The van der Waals surface area contributed by atoms with Crippen LogP contribution in [0.5, 0.6) is 0 Å². The van der Waals surface area contributed by atoms with Gasteiger partial charge in [0.2, 0.25) is 5.91 Å². The summed E-state index contributed by atoms with van der Waals surface area (Å²) < 4.78 is 7.25. The van der Waals surface area contributed by atoms with Crippen LogP contribution in [0.25, 0.3) is 0 Å². The Bertz CT molecular complexity index is 708. The molecule has 1 aliphatic rings. The molecule has 0 spiro atoms. The number of likely N-dealkylation sites (tertiary alicyclic amines) is 1. The van der Waals surface area contributed by atoms with Crippen LogP contribution in [0.3, 0.4) is 0 Å². The van der Waals surface area contributed by atoms with Crippen LogP contribution in [0.2, 0.25) is 0 Å². The van der Waals surface area contributed by atoms with Gasteiger partial charge in [-0.2, -0.15) is 5.10 Å². The van der Waals surface area contributed by atoms with E-state index in [9.17, 15) is 4.79 Å². The molecule has 27 heavy (non-hydrogen) atoms. The molecule has 0 aliphatic carbocycles. The van der Waals surface area contributed by atoms with Crippen molar-refractivity contribution in [1.82, 2.24) is 14.7 Å². The van der Waals surface area contributed by atoms with E-state index in [2.05, 4.69) is 34.4 Å². The number of hydrogen-bond donors (Lipinski definition) is 1. The smallest absolute Gasteiger partial charge is 0.225 e. The van der Waals surface area contributed by atoms with Gasteiger partial charge in [0, 0.05) is 38.7 Å². The van der Waals surface area contributed by atoms with Crippen molar-refractivity contribution in [1.29, 1.82) is 0 Å². The molecule has 0 bridgehead atoms. The Hall–Kier alpha value is -2.18. The molecule has 1 fully saturated rings. The highest BCUT2D eigenvalue weighted by atomic mass is 16.5. The Kier molecular flexibility index (Phi) is 7.01. The largest absolute Gasteiger partial charge is 0.383 e. The Morgan fingerprint density at radius 3 is 2.70 bits per heavy atom. The number of ether oxygens (including phenoxy) is 1. The molecule has 1 aromatic carbocycles. The van der Waals surface area contributed by atoms with Crippen molar-refractivity contribution in [3.8, 4) is 0 Å². The molecule has 6 heteroatoms. The predicted octanol–water partition coefficient (Wildman–Crippen LogP) is 3.13. The number of carbonyl (C=O) groups excluding carboxylic acids is 1. The molecule has 1 amide bonds. The summed E-state index contributed by atoms with van der Waals surface area (Å²) in [6.07, 6.45) is 5.05. The minimum Gasteiger partial charge on any atom is -0.383 e. The summed E-state index contributed by atoms with van der Waals surface area (Å²) in [4.78, 5) is 14.8. The van der Waals surface area contributed by atoms with Gasteiger partial charge < -0.3 is 10.1 Å². The number of methoxy groups -OCH3 is 1. The summed E-state index contributed by atoms with van der Waals surface area (Å²) in [6.45, 7) is 5.01. The Balaban J connectivity index is 1.51. The van der Waals surface area contributed by atoms with E-state index >= 15 is 0 Å². The highest BCUT2D eigenvalue weighted by Crippen LogP contribution is 2.26. The monoisotopic (exact) mass is 370 g/mol. The molecule has 146 valence electrons. The summed E-state index contributed by atoms with van der Waals surface area (Å²) in [5.41, 5.74) is 1.18. The molecule has 1 saturated heterocycles. The van der Waals surface area contributed by atoms with Crippen molar-refractivity contribution in [3.05, 3.63) is 48.2 Å². The van der Waals surface area contributed by atoms with Gasteiger partial charge in [-0.25, -0.2) is 4.68 Å². The normalized spacial score (nSPS) is 17.0. The highest BCUT2D eigenvalue weighted by Gasteiger charge is 2.25. The Morgan fingerprint density at radius 1 is 1.26 bits per heavy atom. The van der Waals surface area contributed by atoms with E-state index in [1.54, 1.807) is 13.3 Å². The number of carbonyl (C=O) groups is 1. The van der Waals surface area contributed by atoms with Gasteiger partial charge in [0.25, 0.3) is 0 Å². The Morgan fingerprint density at radius 2 is 2.00 bits per heavy atom. The number of amides is 1. The van der Waals surface area contributed by atoms with E-state index in [1.165, 1.54) is 5.56 Å². The molecule has 0 unspecified atom stereocenters. The van der Waals surface area contributed by atoms with Crippen LogP contribution in [-0.2, 0) is 16.0 Å². The van der Waals surface area contributed by atoms with Crippen LogP contribution in [0, 0.1) is 0 Å². The van der Waals surface area contributed by atoms with Crippen LogP contribution in [-0.4, -0.2) is 53.4 Å². The van der Waals surface area contributed by atoms with Crippen molar-refractivity contribution in [2.75, 3.05) is 32.1 Å². The third kappa shape index (κ3) is 5.40.